The van der Waals surface area contributed by atoms with Crippen LogP contribution < -0.4 is 5.32 Å². The molecule has 2 amide bonds. The molecule has 0 spiro atoms. The number of thioether (sulfide) groups is 1. The topological polar surface area (TPSA) is 69.6 Å². The lowest BCUT2D eigenvalue weighted by molar-refractivity contribution is -0.139. The lowest BCUT2D eigenvalue weighted by Crippen LogP contribution is -2.58. The third-order valence-electron chi connectivity index (χ3n) is 4.30. The summed E-state index contributed by atoms with van der Waals surface area (Å²) in [4.78, 5) is 25.5. The number of amides is 2. The fourth-order valence-electron chi connectivity index (χ4n) is 3.19. The normalized spacial score (nSPS) is 26.1. The van der Waals surface area contributed by atoms with E-state index in [1.54, 1.807) is 0 Å². The lowest BCUT2D eigenvalue weighted by Gasteiger charge is -2.41. The molecule has 1 saturated carbocycles. The Bertz CT molecular complexity index is 369. The third-order valence-corrected chi connectivity index (χ3v) is 5.49. The van der Waals surface area contributed by atoms with Gasteiger partial charge in [-0.1, -0.05) is 19.3 Å². The Labute approximate surface area is 124 Å². The highest BCUT2D eigenvalue weighted by atomic mass is 32.2. The van der Waals surface area contributed by atoms with Crippen LogP contribution in [-0.4, -0.2) is 51.6 Å². The van der Waals surface area contributed by atoms with Gasteiger partial charge < -0.3 is 15.3 Å². The summed E-state index contributed by atoms with van der Waals surface area (Å²) in [5.41, 5.74) is -0.536. The maximum absolute atomic E-state index is 12.5. The first-order valence-electron chi connectivity index (χ1n) is 7.41. The van der Waals surface area contributed by atoms with Gasteiger partial charge in [-0.25, -0.2) is 4.79 Å². The number of nitrogens with zero attached hydrogens (tertiary/aromatic N) is 1. The molecule has 2 fully saturated rings. The van der Waals surface area contributed by atoms with Crippen molar-refractivity contribution in [3.63, 3.8) is 0 Å². The second-order valence-corrected chi connectivity index (χ2v) is 7.11. The second kappa shape index (κ2) is 6.70. The van der Waals surface area contributed by atoms with Crippen molar-refractivity contribution in [2.45, 2.75) is 57.0 Å². The second-order valence-electron chi connectivity index (χ2n) is 5.96. The number of hydrogen-bond donors (Lipinski definition) is 2. The van der Waals surface area contributed by atoms with E-state index >= 15 is 0 Å². The summed E-state index contributed by atoms with van der Waals surface area (Å²) in [7, 11) is 0. The zero-order chi connectivity index (χ0) is 14.6. The Morgan fingerprint density at radius 2 is 2.05 bits per heavy atom. The molecule has 6 heteroatoms. The van der Waals surface area contributed by atoms with E-state index in [1.165, 1.54) is 0 Å². The van der Waals surface area contributed by atoms with Gasteiger partial charge in [0.2, 0.25) is 0 Å². The SMILES string of the molecule is CC1CSCCN1C(=O)NC1(CC(=O)O)CCCCC1. The van der Waals surface area contributed by atoms with Crippen LogP contribution in [0.15, 0.2) is 0 Å². The van der Waals surface area contributed by atoms with Gasteiger partial charge in [0.05, 0.1) is 12.0 Å². The van der Waals surface area contributed by atoms with Crippen molar-refractivity contribution in [3.05, 3.63) is 0 Å². The van der Waals surface area contributed by atoms with Gasteiger partial charge in [-0.3, -0.25) is 4.79 Å². The number of urea groups is 1. The smallest absolute Gasteiger partial charge is 0.318 e. The summed E-state index contributed by atoms with van der Waals surface area (Å²) in [6.07, 6.45) is 4.73. The summed E-state index contributed by atoms with van der Waals surface area (Å²) in [6, 6.07) is 0.139. The molecule has 0 bridgehead atoms. The summed E-state index contributed by atoms with van der Waals surface area (Å²) in [5, 5.41) is 12.2. The Morgan fingerprint density at radius 1 is 1.35 bits per heavy atom. The predicted molar refractivity (Wildman–Crippen MR) is 80.1 cm³/mol. The van der Waals surface area contributed by atoms with Gasteiger partial charge in [-0.05, 0) is 19.8 Å². The molecule has 2 aliphatic rings. The minimum absolute atomic E-state index is 0.0374. The number of carbonyl (C=O) groups excluding carboxylic acids is 1. The molecule has 2 rings (SSSR count). The van der Waals surface area contributed by atoms with Gasteiger partial charge in [0.15, 0.2) is 0 Å². The molecule has 114 valence electrons. The zero-order valence-corrected chi connectivity index (χ0v) is 12.9. The number of carboxylic acid groups (broad SMARTS) is 1. The molecular formula is C14H24N2O3S. The standard InChI is InChI=1S/C14H24N2O3S/c1-11-10-20-8-7-16(11)13(19)15-14(9-12(17)18)5-3-2-4-6-14/h11H,2-10H2,1H3,(H,15,19)(H,17,18). The molecule has 1 aliphatic heterocycles. The van der Waals surface area contributed by atoms with E-state index in [9.17, 15) is 9.59 Å². The number of rotatable bonds is 3. The number of nitrogens with one attached hydrogen (secondary N) is 1. The molecule has 0 aromatic rings. The summed E-state index contributed by atoms with van der Waals surface area (Å²) in [6.45, 7) is 2.80. The molecule has 5 nitrogen and oxygen atoms in total. The molecular weight excluding hydrogens is 276 g/mol. The molecule has 1 unspecified atom stereocenters. The summed E-state index contributed by atoms with van der Waals surface area (Å²) in [5.74, 6) is 1.10. The van der Waals surface area contributed by atoms with Gasteiger partial charge in [-0.2, -0.15) is 11.8 Å². The number of carboxylic acids is 1. The van der Waals surface area contributed by atoms with E-state index in [2.05, 4.69) is 12.2 Å². The Hall–Kier alpha value is -0.910. The first-order valence-corrected chi connectivity index (χ1v) is 8.56. The molecule has 0 aromatic carbocycles. The van der Waals surface area contributed by atoms with E-state index in [0.717, 1.165) is 50.2 Å². The molecule has 1 saturated heterocycles. The van der Waals surface area contributed by atoms with E-state index < -0.39 is 11.5 Å². The first-order chi connectivity index (χ1) is 9.52. The van der Waals surface area contributed by atoms with Crippen LogP contribution >= 0.6 is 11.8 Å². The van der Waals surface area contributed by atoms with Crippen LogP contribution in [0, 0.1) is 0 Å². The molecule has 1 aliphatic carbocycles. The summed E-state index contributed by atoms with van der Waals surface area (Å²) >= 11 is 1.86. The van der Waals surface area contributed by atoms with Crippen LogP contribution in [0.2, 0.25) is 0 Å². The molecule has 1 heterocycles. The molecule has 0 aromatic heterocycles. The maximum Gasteiger partial charge on any atom is 0.318 e. The average molecular weight is 300 g/mol. The van der Waals surface area contributed by atoms with Crippen LogP contribution in [0.3, 0.4) is 0 Å². The summed E-state index contributed by atoms with van der Waals surface area (Å²) < 4.78 is 0. The van der Waals surface area contributed by atoms with Crippen LogP contribution in [0.5, 0.6) is 0 Å². The van der Waals surface area contributed by atoms with Crippen molar-refractivity contribution >= 4 is 23.8 Å². The monoisotopic (exact) mass is 300 g/mol. The van der Waals surface area contributed by atoms with Crippen molar-refractivity contribution in [1.29, 1.82) is 0 Å². The van der Waals surface area contributed by atoms with E-state index in [-0.39, 0.29) is 18.5 Å². The van der Waals surface area contributed by atoms with Gasteiger partial charge in [0.1, 0.15) is 0 Å². The minimum Gasteiger partial charge on any atom is -0.481 e. The van der Waals surface area contributed by atoms with Gasteiger partial charge >= 0.3 is 12.0 Å². The van der Waals surface area contributed by atoms with Gasteiger partial charge in [-0.15, -0.1) is 0 Å². The number of hydrogen-bond acceptors (Lipinski definition) is 3. The maximum atomic E-state index is 12.5. The van der Waals surface area contributed by atoms with Crippen LogP contribution in [0.1, 0.15) is 45.4 Å². The lowest BCUT2D eigenvalue weighted by atomic mass is 9.79. The van der Waals surface area contributed by atoms with E-state index in [1.807, 2.05) is 16.7 Å². The van der Waals surface area contributed by atoms with Crippen LogP contribution in [-0.2, 0) is 4.79 Å². The van der Waals surface area contributed by atoms with Crippen molar-refractivity contribution in [3.8, 4) is 0 Å². The predicted octanol–water partition coefficient (Wildman–Crippen LogP) is 2.31. The van der Waals surface area contributed by atoms with E-state index in [4.69, 9.17) is 5.11 Å². The van der Waals surface area contributed by atoms with Crippen molar-refractivity contribution in [2.24, 2.45) is 0 Å². The third kappa shape index (κ3) is 3.81. The van der Waals surface area contributed by atoms with Gasteiger partial charge in [0, 0.05) is 24.1 Å². The van der Waals surface area contributed by atoms with Gasteiger partial charge in [0.25, 0.3) is 0 Å². The highest BCUT2D eigenvalue weighted by molar-refractivity contribution is 7.99. The minimum atomic E-state index is -0.825. The van der Waals surface area contributed by atoms with Crippen LogP contribution in [0.25, 0.3) is 0 Å². The Morgan fingerprint density at radius 3 is 2.65 bits per heavy atom. The number of aliphatic carboxylic acids is 1. The van der Waals surface area contributed by atoms with Crippen molar-refractivity contribution in [1.82, 2.24) is 10.2 Å². The molecule has 1 atom stereocenters. The highest BCUT2D eigenvalue weighted by Crippen LogP contribution is 2.31. The van der Waals surface area contributed by atoms with E-state index in [0.29, 0.717) is 0 Å². The Balaban J connectivity index is 2.02. The quantitative estimate of drug-likeness (QED) is 0.839. The molecule has 2 N–H and O–H groups in total. The Kier molecular flexibility index (Phi) is 5.18. The molecule has 0 radical (unpaired) electrons. The fraction of sp³-hybridized carbons (Fsp3) is 0.857. The van der Waals surface area contributed by atoms with Crippen molar-refractivity contribution < 1.29 is 14.7 Å². The largest absolute Gasteiger partial charge is 0.481 e. The number of carbonyl (C=O) groups is 2. The fourth-order valence-corrected chi connectivity index (χ4v) is 4.21. The highest BCUT2D eigenvalue weighted by Gasteiger charge is 2.37. The average Bonchev–Trinajstić information content (AvgIpc) is 2.39. The zero-order valence-electron chi connectivity index (χ0n) is 12.1. The van der Waals surface area contributed by atoms with Crippen LogP contribution in [0.4, 0.5) is 4.79 Å². The molecule has 20 heavy (non-hydrogen) atoms. The first kappa shape index (κ1) is 15.5. The van der Waals surface area contributed by atoms with Crippen molar-refractivity contribution in [2.75, 3.05) is 18.1 Å².